The first-order valence-corrected chi connectivity index (χ1v) is 7.54. The van der Waals surface area contributed by atoms with Crippen LogP contribution >= 0.6 is 15.9 Å². The first-order chi connectivity index (χ1) is 10.7. The molecule has 0 aliphatic rings. The third-order valence-corrected chi connectivity index (χ3v) is 3.93. The quantitative estimate of drug-likeness (QED) is 0.778. The summed E-state index contributed by atoms with van der Waals surface area (Å²) in [5, 5.41) is 13.9. The Hall–Kier alpha value is -2.58. The van der Waals surface area contributed by atoms with Crippen LogP contribution in [0.15, 0.2) is 59.1 Å². The number of nitriles is 1. The molecule has 0 aliphatic carbocycles. The standard InChI is InChI=1S/C17H13BrN4/c18-14-8-6-13(7-9-14)16-15(10-19)17(20)22(21-16)11-12-4-2-1-3-5-12/h1-9H,11,20H2. The number of hydrogen-bond donors (Lipinski definition) is 1. The number of rotatable bonds is 3. The number of nitrogen functional groups attached to an aromatic ring is 1. The average molecular weight is 353 g/mol. The Morgan fingerprint density at radius 3 is 2.41 bits per heavy atom. The van der Waals surface area contributed by atoms with Crippen LogP contribution < -0.4 is 5.73 Å². The predicted molar refractivity (Wildman–Crippen MR) is 90.0 cm³/mol. The van der Waals surface area contributed by atoms with Crippen LogP contribution in [-0.2, 0) is 6.54 Å². The zero-order valence-corrected chi connectivity index (χ0v) is 13.3. The van der Waals surface area contributed by atoms with Crippen LogP contribution in [0.1, 0.15) is 11.1 Å². The largest absolute Gasteiger partial charge is 0.383 e. The maximum absolute atomic E-state index is 9.40. The summed E-state index contributed by atoms with van der Waals surface area (Å²) in [6.45, 7) is 0.540. The average Bonchev–Trinajstić information content (AvgIpc) is 2.85. The van der Waals surface area contributed by atoms with E-state index in [0.29, 0.717) is 23.6 Å². The fourth-order valence-corrected chi connectivity index (χ4v) is 2.54. The van der Waals surface area contributed by atoms with Crippen molar-refractivity contribution in [3.8, 4) is 17.3 Å². The summed E-state index contributed by atoms with van der Waals surface area (Å²) in [5.74, 6) is 0.393. The first-order valence-electron chi connectivity index (χ1n) is 6.75. The lowest BCUT2D eigenvalue weighted by molar-refractivity contribution is 0.699. The molecule has 4 nitrogen and oxygen atoms in total. The molecule has 3 aromatic rings. The molecular weight excluding hydrogens is 340 g/mol. The van der Waals surface area contributed by atoms with E-state index in [0.717, 1.165) is 15.6 Å². The van der Waals surface area contributed by atoms with E-state index in [2.05, 4.69) is 27.1 Å². The molecule has 22 heavy (non-hydrogen) atoms. The third-order valence-electron chi connectivity index (χ3n) is 3.40. The van der Waals surface area contributed by atoms with Crippen molar-refractivity contribution in [2.45, 2.75) is 6.54 Å². The molecule has 5 heteroatoms. The number of nitrogens with two attached hydrogens (primary N) is 1. The molecule has 0 radical (unpaired) electrons. The molecule has 108 valence electrons. The van der Waals surface area contributed by atoms with Crippen molar-refractivity contribution in [2.75, 3.05) is 5.73 Å². The lowest BCUT2D eigenvalue weighted by Gasteiger charge is -2.03. The van der Waals surface area contributed by atoms with Crippen LogP contribution in [0.4, 0.5) is 5.82 Å². The van der Waals surface area contributed by atoms with Crippen LogP contribution in [0.25, 0.3) is 11.3 Å². The number of hydrogen-bond acceptors (Lipinski definition) is 3. The van der Waals surface area contributed by atoms with Gasteiger partial charge in [0.1, 0.15) is 23.1 Å². The SMILES string of the molecule is N#Cc1c(-c2ccc(Br)cc2)nn(Cc2ccccc2)c1N. The Morgan fingerprint density at radius 1 is 1.09 bits per heavy atom. The van der Waals surface area contributed by atoms with E-state index in [-0.39, 0.29) is 0 Å². The molecule has 0 amide bonds. The molecule has 3 rings (SSSR count). The van der Waals surface area contributed by atoms with E-state index < -0.39 is 0 Å². The predicted octanol–water partition coefficient (Wildman–Crippen LogP) is 3.81. The Labute approximate surface area is 136 Å². The molecule has 2 aromatic carbocycles. The highest BCUT2D eigenvalue weighted by Gasteiger charge is 2.17. The summed E-state index contributed by atoms with van der Waals surface area (Å²) in [5.41, 5.74) is 9.09. The second kappa shape index (κ2) is 6.04. The number of anilines is 1. The van der Waals surface area contributed by atoms with E-state index in [4.69, 9.17) is 5.73 Å². The second-order valence-corrected chi connectivity index (χ2v) is 5.79. The Kier molecular flexibility index (Phi) is 3.94. The molecule has 0 bridgehead atoms. The first kappa shape index (κ1) is 14.4. The van der Waals surface area contributed by atoms with Crippen LogP contribution in [0, 0.1) is 11.3 Å². The topological polar surface area (TPSA) is 67.6 Å². The Balaban J connectivity index is 2.03. The van der Waals surface area contributed by atoms with Gasteiger partial charge in [-0.2, -0.15) is 10.4 Å². The lowest BCUT2D eigenvalue weighted by atomic mass is 10.1. The van der Waals surface area contributed by atoms with E-state index in [1.807, 2.05) is 54.6 Å². The maximum atomic E-state index is 9.40. The van der Waals surface area contributed by atoms with Crippen LogP contribution in [0.3, 0.4) is 0 Å². The molecule has 1 heterocycles. The van der Waals surface area contributed by atoms with Crippen molar-refractivity contribution >= 4 is 21.7 Å². The Morgan fingerprint density at radius 2 is 1.77 bits per heavy atom. The van der Waals surface area contributed by atoms with Gasteiger partial charge in [0.05, 0.1) is 6.54 Å². The number of aromatic nitrogens is 2. The highest BCUT2D eigenvalue weighted by molar-refractivity contribution is 9.10. The third kappa shape index (κ3) is 2.74. The molecule has 0 saturated heterocycles. The van der Waals surface area contributed by atoms with Gasteiger partial charge < -0.3 is 5.73 Å². The zero-order chi connectivity index (χ0) is 15.5. The zero-order valence-electron chi connectivity index (χ0n) is 11.7. The van der Waals surface area contributed by atoms with Crippen molar-refractivity contribution in [1.82, 2.24) is 9.78 Å². The molecule has 0 saturated carbocycles. The van der Waals surface area contributed by atoms with Crippen molar-refractivity contribution in [3.63, 3.8) is 0 Å². The van der Waals surface area contributed by atoms with Gasteiger partial charge in [0.2, 0.25) is 0 Å². The summed E-state index contributed by atoms with van der Waals surface area (Å²) in [6.07, 6.45) is 0. The van der Waals surface area contributed by atoms with Crippen molar-refractivity contribution in [1.29, 1.82) is 5.26 Å². The molecule has 0 aliphatic heterocycles. The van der Waals surface area contributed by atoms with Gasteiger partial charge in [0, 0.05) is 10.0 Å². The molecule has 0 unspecified atom stereocenters. The smallest absolute Gasteiger partial charge is 0.140 e. The summed E-state index contributed by atoms with van der Waals surface area (Å²) in [6, 6.07) is 19.7. The van der Waals surface area contributed by atoms with Crippen molar-refractivity contribution in [2.24, 2.45) is 0 Å². The highest BCUT2D eigenvalue weighted by atomic mass is 79.9. The van der Waals surface area contributed by atoms with Gasteiger partial charge in [-0.3, -0.25) is 0 Å². The summed E-state index contributed by atoms with van der Waals surface area (Å²) >= 11 is 3.40. The van der Waals surface area contributed by atoms with Gasteiger partial charge in [-0.15, -0.1) is 0 Å². The van der Waals surface area contributed by atoms with Gasteiger partial charge in [0.25, 0.3) is 0 Å². The van der Waals surface area contributed by atoms with Gasteiger partial charge >= 0.3 is 0 Å². The molecular formula is C17H13BrN4. The normalized spacial score (nSPS) is 10.4. The number of nitrogens with zero attached hydrogens (tertiary/aromatic N) is 3. The fraction of sp³-hybridized carbons (Fsp3) is 0.0588. The van der Waals surface area contributed by atoms with E-state index in [9.17, 15) is 5.26 Å². The van der Waals surface area contributed by atoms with Gasteiger partial charge in [0.15, 0.2) is 0 Å². The number of benzene rings is 2. The van der Waals surface area contributed by atoms with E-state index >= 15 is 0 Å². The Bertz CT molecular complexity index is 830. The lowest BCUT2D eigenvalue weighted by Crippen LogP contribution is -2.06. The van der Waals surface area contributed by atoms with Gasteiger partial charge in [-0.1, -0.05) is 58.4 Å². The minimum atomic E-state index is 0.393. The molecule has 2 N–H and O–H groups in total. The fourth-order valence-electron chi connectivity index (χ4n) is 2.27. The van der Waals surface area contributed by atoms with Crippen molar-refractivity contribution < 1.29 is 0 Å². The highest BCUT2D eigenvalue weighted by Crippen LogP contribution is 2.28. The van der Waals surface area contributed by atoms with E-state index in [1.165, 1.54) is 0 Å². The molecule has 0 fully saturated rings. The monoisotopic (exact) mass is 352 g/mol. The molecule has 0 spiro atoms. The van der Waals surface area contributed by atoms with Gasteiger partial charge in [-0.05, 0) is 17.7 Å². The summed E-state index contributed by atoms with van der Waals surface area (Å²) in [7, 11) is 0. The second-order valence-electron chi connectivity index (χ2n) is 4.87. The summed E-state index contributed by atoms with van der Waals surface area (Å²) in [4.78, 5) is 0. The maximum Gasteiger partial charge on any atom is 0.140 e. The molecule has 0 atom stereocenters. The van der Waals surface area contributed by atoms with Crippen molar-refractivity contribution in [3.05, 3.63) is 70.2 Å². The van der Waals surface area contributed by atoms with Crippen LogP contribution in [0.5, 0.6) is 0 Å². The number of halogens is 1. The summed E-state index contributed by atoms with van der Waals surface area (Å²) < 4.78 is 2.65. The van der Waals surface area contributed by atoms with Crippen LogP contribution in [-0.4, -0.2) is 9.78 Å². The minimum absolute atomic E-state index is 0.393. The van der Waals surface area contributed by atoms with E-state index in [1.54, 1.807) is 4.68 Å². The molecule has 1 aromatic heterocycles. The van der Waals surface area contributed by atoms with Crippen LogP contribution in [0.2, 0.25) is 0 Å². The minimum Gasteiger partial charge on any atom is -0.383 e. The van der Waals surface area contributed by atoms with Gasteiger partial charge in [-0.25, -0.2) is 4.68 Å².